The highest BCUT2D eigenvalue weighted by atomic mass is 16.5. The van der Waals surface area contributed by atoms with Crippen LogP contribution in [0.25, 0.3) is 6.08 Å². The van der Waals surface area contributed by atoms with E-state index in [1.54, 1.807) is 30.3 Å². The minimum absolute atomic E-state index is 0.217. The molecule has 3 rings (SSSR count). The molecule has 1 aromatic carbocycles. The number of phenols is 1. The molecular formula is C17H18O3. The molecule has 0 aromatic heterocycles. The van der Waals surface area contributed by atoms with E-state index in [2.05, 4.69) is 12.2 Å². The van der Waals surface area contributed by atoms with E-state index in [9.17, 15) is 9.90 Å². The largest absolute Gasteiger partial charge is 0.508 e. The van der Waals surface area contributed by atoms with Crippen LogP contribution in [0, 0.1) is 17.8 Å². The minimum atomic E-state index is -0.301. The average Bonchev–Trinajstić information content (AvgIpc) is 3.07. The van der Waals surface area contributed by atoms with Gasteiger partial charge >= 0.3 is 5.97 Å². The molecule has 1 N–H and O–H groups in total. The third kappa shape index (κ3) is 2.93. The molecule has 3 unspecified atom stereocenters. The summed E-state index contributed by atoms with van der Waals surface area (Å²) < 4.78 is 5.32. The van der Waals surface area contributed by atoms with Gasteiger partial charge in [-0.3, -0.25) is 0 Å². The van der Waals surface area contributed by atoms with Crippen LogP contribution in [0.5, 0.6) is 5.75 Å². The summed E-state index contributed by atoms with van der Waals surface area (Å²) in [6, 6.07) is 6.68. The molecular weight excluding hydrogens is 252 g/mol. The first-order valence-corrected chi connectivity index (χ1v) is 7.03. The number of ether oxygens (including phenoxy) is 1. The Balaban J connectivity index is 1.47. The van der Waals surface area contributed by atoms with Crippen LogP contribution in [0.1, 0.15) is 18.4 Å². The molecule has 3 atom stereocenters. The standard InChI is InChI=1S/C17H18O3/c18-16-6-2-12(3-7-16)4-8-17(19)20-11-15-10-13-1-5-14(15)9-13/h1-8,13-15,18H,9-11H2/b8-4+. The highest BCUT2D eigenvalue weighted by molar-refractivity contribution is 5.87. The van der Waals surface area contributed by atoms with Crippen LogP contribution < -0.4 is 0 Å². The van der Waals surface area contributed by atoms with E-state index in [1.807, 2.05) is 0 Å². The summed E-state index contributed by atoms with van der Waals surface area (Å²) in [6.07, 6.45) is 10.1. The predicted octanol–water partition coefficient (Wildman–Crippen LogP) is 3.16. The number of esters is 1. The molecule has 2 bridgehead atoms. The monoisotopic (exact) mass is 270 g/mol. The highest BCUT2D eigenvalue weighted by Gasteiger charge is 2.35. The van der Waals surface area contributed by atoms with Gasteiger partial charge in [0, 0.05) is 6.08 Å². The van der Waals surface area contributed by atoms with E-state index in [0.717, 1.165) is 12.0 Å². The smallest absolute Gasteiger partial charge is 0.330 e. The first-order chi connectivity index (χ1) is 9.70. The minimum Gasteiger partial charge on any atom is -0.508 e. The topological polar surface area (TPSA) is 46.5 Å². The molecule has 0 radical (unpaired) electrons. The number of allylic oxidation sites excluding steroid dienone is 2. The summed E-state index contributed by atoms with van der Waals surface area (Å²) in [6.45, 7) is 0.518. The summed E-state index contributed by atoms with van der Waals surface area (Å²) in [5.41, 5.74) is 0.864. The van der Waals surface area contributed by atoms with Crippen LogP contribution in [0.15, 0.2) is 42.5 Å². The van der Waals surface area contributed by atoms with Gasteiger partial charge in [-0.25, -0.2) is 4.79 Å². The van der Waals surface area contributed by atoms with Crippen molar-refractivity contribution in [3.05, 3.63) is 48.1 Å². The molecule has 2 aliphatic rings. The van der Waals surface area contributed by atoms with E-state index in [0.29, 0.717) is 24.4 Å². The van der Waals surface area contributed by atoms with E-state index in [-0.39, 0.29) is 11.7 Å². The summed E-state index contributed by atoms with van der Waals surface area (Å²) in [5.74, 6) is 1.72. The lowest BCUT2D eigenvalue weighted by Gasteiger charge is -2.17. The van der Waals surface area contributed by atoms with Crippen molar-refractivity contribution in [3.63, 3.8) is 0 Å². The van der Waals surface area contributed by atoms with Gasteiger partial charge in [0.25, 0.3) is 0 Å². The molecule has 0 spiro atoms. The van der Waals surface area contributed by atoms with Gasteiger partial charge in [0.15, 0.2) is 0 Å². The third-order valence-electron chi connectivity index (χ3n) is 4.16. The maximum absolute atomic E-state index is 11.7. The normalized spacial score (nSPS) is 27.3. The first-order valence-electron chi connectivity index (χ1n) is 7.03. The molecule has 1 fully saturated rings. The van der Waals surface area contributed by atoms with Gasteiger partial charge in [0.1, 0.15) is 5.75 Å². The Morgan fingerprint density at radius 1 is 1.25 bits per heavy atom. The number of aromatic hydroxyl groups is 1. The quantitative estimate of drug-likeness (QED) is 0.519. The van der Waals surface area contributed by atoms with Crippen molar-refractivity contribution in [2.45, 2.75) is 12.8 Å². The number of benzene rings is 1. The van der Waals surface area contributed by atoms with Crippen LogP contribution in [0.2, 0.25) is 0 Å². The summed E-state index contributed by atoms with van der Waals surface area (Å²) in [4.78, 5) is 11.7. The zero-order valence-corrected chi connectivity index (χ0v) is 11.2. The van der Waals surface area contributed by atoms with Crippen molar-refractivity contribution in [1.29, 1.82) is 0 Å². The van der Waals surface area contributed by atoms with Crippen molar-refractivity contribution >= 4 is 12.0 Å². The van der Waals surface area contributed by atoms with Crippen molar-refractivity contribution in [2.75, 3.05) is 6.61 Å². The zero-order chi connectivity index (χ0) is 13.9. The lowest BCUT2D eigenvalue weighted by Crippen LogP contribution is -2.16. The average molecular weight is 270 g/mol. The molecule has 0 heterocycles. The van der Waals surface area contributed by atoms with Crippen molar-refractivity contribution < 1.29 is 14.6 Å². The molecule has 104 valence electrons. The number of hydrogen-bond donors (Lipinski definition) is 1. The lowest BCUT2D eigenvalue weighted by molar-refractivity contribution is -0.139. The summed E-state index contributed by atoms with van der Waals surface area (Å²) >= 11 is 0. The van der Waals surface area contributed by atoms with E-state index in [4.69, 9.17) is 4.74 Å². The lowest BCUT2D eigenvalue weighted by atomic mass is 9.95. The Morgan fingerprint density at radius 3 is 2.70 bits per heavy atom. The fourth-order valence-electron chi connectivity index (χ4n) is 3.07. The number of hydrogen-bond acceptors (Lipinski definition) is 3. The first kappa shape index (κ1) is 13.0. The van der Waals surface area contributed by atoms with Crippen LogP contribution in [-0.2, 0) is 9.53 Å². The second-order valence-corrected chi connectivity index (χ2v) is 5.60. The summed E-state index contributed by atoms with van der Waals surface area (Å²) in [7, 11) is 0. The van der Waals surface area contributed by atoms with Crippen LogP contribution in [0.3, 0.4) is 0 Å². The third-order valence-corrected chi connectivity index (χ3v) is 4.16. The molecule has 1 saturated carbocycles. The molecule has 0 aliphatic heterocycles. The maximum atomic E-state index is 11.7. The van der Waals surface area contributed by atoms with Gasteiger partial charge in [-0.2, -0.15) is 0 Å². The molecule has 20 heavy (non-hydrogen) atoms. The Morgan fingerprint density at radius 2 is 2.05 bits per heavy atom. The molecule has 2 aliphatic carbocycles. The van der Waals surface area contributed by atoms with E-state index >= 15 is 0 Å². The Kier molecular flexibility index (Phi) is 3.59. The number of carbonyl (C=O) groups excluding carboxylic acids is 1. The second-order valence-electron chi connectivity index (χ2n) is 5.60. The molecule has 0 amide bonds. The number of rotatable bonds is 4. The fraction of sp³-hybridized carbons (Fsp3) is 0.353. The van der Waals surface area contributed by atoms with Crippen LogP contribution >= 0.6 is 0 Å². The van der Waals surface area contributed by atoms with Gasteiger partial charge in [0.2, 0.25) is 0 Å². The van der Waals surface area contributed by atoms with E-state index < -0.39 is 0 Å². The van der Waals surface area contributed by atoms with E-state index in [1.165, 1.54) is 12.5 Å². The van der Waals surface area contributed by atoms with Crippen molar-refractivity contribution in [1.82, 2.24) is 0 Å². The number of fused-ring (bicyclic) bond motifs is 2. The molecule has 1 aromatic rings. The van der Waals surface area contributed by atoms with Crippen LogP contribution in [-0.4, -0.2) is 17.7 Å². The van der Waals surface area contributed by atoms with Gasteiger partial charge in [-0.1, -0.05) is 24.3 Å². The fourth-order valence-corrected chi connectivity index (χ4v) is 3.07. The molecule has 3 nitrogen and oxygen atoms in total. The number of phenolic OH excluding ortho intramolecular Hbond substituents is 1. The second kappa shape index (κ2) is 5.53. The predicted molar refractivity (Wildman–Crippen MR) is 76.9 cm³/mol. The van der Waals surface area contributed by atoms with Crippen molar-refractivity contribution in [3.8, 4) is 5.75 Å². The maximum Gasteiger partial charge on any atom is 0.330 e. The van der Waals surface area contributed by atoms with Gasteiger partial charge in [-0.15, -0.1) is 0 Å². The Hall–Kier alpha value is -2.03. The summed E-state index contributed by atoms with van der Waals surface area (Å²) in [5, 5.41) is 9.17. The van der Waals surface area contributed by atoms with Gasteiger partial charge < -0.3 is 9.84 Å². The highest BCUT2D eigenvalue weighted by Crippen LogP contribution is 2.43. The van der Waals surface area contributed by atoms with Gasteiger partial charge in [-0.05, 0) is 54.4 Å². The Bertz CT molecular complexity index is 542. The Labute approximate surface area is 118 Å². The SMILES string of the molecule is O=C(/C=C/c1ccc(O)cc1)OCC1CC2C=CC1C2. The molecule has 0 saturated heterocycles. The van der Waals surface area contributed by atoms with Crippen LogP contribution in [0.4, 0.5) is 0 Å². The zero-order valence-electron chi connectivity index (χ0n) is 11.2. The van der Waals surface area contributed by atoms with Crippen molar-refractivity contribution in [2.24, 2.45) is 17.8 Å². The molecule has 3 heteroatoms. The number of carbonyl (C=O) groups is 1. The van der Waals surface area contributed by atoms with Gasteiger partial charge in [0.05, 0.1) is 6.61 Å².